The first-order valence-corrected chi connectivity index (χ1v) is 6.45. The van der Waals surface area contributed by atoms with Crippen LogP contribution >= 0.6 is 0 Å². The lowest BCUT2D eigenvalue weighted by Gasteiger charge is -2.24. The van der Waals surface area contributed by atoms with Crippen molar-refractivity contribution in [1.82, 2.24) is 0 Å². The number of benzene rings is 1. The predicted octanol–water partition coefficient (Wildman–Crippen LogP) is 2.88. The van der Waals surface area contributed by atoms with Gasteiger partial charge in [-0.3, -0.25) is 4.79 Å². The molecule has 0 saturated heterocycles. The summed E-state index contributed by atoms with van der Waals surface area (Å²) in [7, 11) is 0. The third-order valence-corrected chi connectivity index (χ3v) is 3.61. The fourth-order valence-electron chi connectivity index (χ4n) is 1.90. The largest absolute Gasteiger partial charge is 0.319 e. The minimum absolute atomic E-state index is 0.145. The summed E-state index contributed by atoms with van der Waals surface area (Å²) in [6.45, 7) is 6.07. The van der Waals surface area contributed by atoms with E-state index in [0.717, 1.165) is 12.0 Å². The van der Waals surface area contributed by atoms with Crippen molar-refractivity contribution in [2.24, 2.45) is 5.73 Å². The lowest BCUT2D eigenvalue weighted by molar-refractivity contribution is -0.123. The zero-order valence-corrected chi connectivity index (χ0v) is 11.1. The maximum absolute atomic E-state index is 12.1. The van der Waals surface area contributed by atoms with Crippen LogP contribution in [0.1, 0.15) is 44.7 Å². The van der Waals surface area contributed by atoms with Gasteiger partial charge in [0.05, 0.1) is 5.54 Å². The van der Waals surface area contributed by atoms with Crippen molar-refractivity contribution < 1.29 is 4.79 Å². The zero-order chi connectivity index (χ0) is 12.9. The minimum Gasteiger partial charge on any atom is -0.319 e. The molecule has 0 aliphatic rings. The maximum atomic E-state index is 12.1. The van der Waals surface area contributed by atoms with Gasteiger partial charge in [0.1, 0.15) is 0 Å². The van der Waals surface area contributed by atoms with E-state index in [1.54, 1.807) is 0 Å². The van der Waals surface area contributed by atoms with Gasteiger partial charge in [-0.25, -0.2) is 0 Å². The average molecular weight is 233 g/mol. The highest BCUT2D eigenvalue weighted by Gasteiger charge is 2.29. The molecule has 0 bridgehead atoms. The molecule has 2 heteroatoms. The second kappa shape index (κ2) is 5.97. The average Bonchev–Trinajstić information content (AvgIpc) is 2.38. The van der Waals surface area contributed by atoms with E-state index in [1.807, 2.05) is 26.0 Å². The maximum Gasteiger partial charge on any atom is 0.156 e. The Balaban J connectivity index is 2.73. The van der Waals surface area contributed by atoms with Crippen molar-refractivity contribution in [2.45, 2.75) is 52.0 Å². The molecule has 0 aliphatic heterocycles. The van der Waals surface area contributed by atoms with Gasteiger partial charge in [0.2, 0.25) is 0 Å². The molecule has 17 heavy (non-hydrogen) atoms. The van der Waals surface area contributed by atoms with Crippen LogP contribution in [0.4, 0.5) is 0 Å². The third kappa shape index (κ3) is 3.40. The molecule has 2 N–H and O–H groups in total. The van der Waals surface area contributed by atoms with Crippen molar-refractivity contribution >= 4 is 5.78 Å². The quantitative estimate of drug-likeness (QED) is 0.821. The fourth-order valence-corrected chi connectivity index (χ4v) is 1.90. The summed E-state index contributed by atoms with van der Waals surface area (Å²) < 4.78 is 0. The molecule has 0 spiro atoms. The summed E-state index contributed by atoms with van der Waals surface area (Å²) in [6, 6.07) is 8.22. The summed E-state index contributed by atoms with van der Waals surface area (Å²) >= 11 is 0. The topological polar surface area (TPSA) is 43.1 Å². The number of hydrogen-bond donors (Lipinski definition) is 1. The highest BCUT2D eigenvalue weighted by molar-refractivity contribution is 5.89. The smallest absolute Gasteiger partial charge is 0.156 e. The molecule has 0 saturated carbocycles. The van der Waals surface area contributed by atoms with Gasteiger partial charge in [-0.1, -0.05) is 45.0 Å². The Hall–Kier alpha value is -1.15. The second-order valence-electron chi connectivity index (χ2n) is 4.63. The first kappa shape index (κ1) is 13.9. The van der Waals surface area contributed by atoms with E-state index in [0.29, 0.717) is 19.3 Å². The Morgan fingerprint density at radius 2 is 1.53 bits per heavy atom. The monoisotopic (exact) mass is 233 g/mol. The number of ketones is 1. The van der Waals surface area contributed by atoms with Crippen molar-refractivity contribution in [3.8, 4) is 0 Å². The van der Waals surface area contributed by atoms with Crippen molar-refractivity contribution in [1.29, 1.82) is 0 Å². The van der Waals surface area contributed by atoms with E-state index in [9.17, 15) is 4.79 Å². The predicted molar refractivity (Wildman–Crippen MR) is 72.0 cm³/mol. The molecule has 2 nitrogen and oxygen atoms in total. The minimum atomic E-state index is -0.649. The lowest BCUT2D eigenvalue weighted by Crippen LogP contribution is -2.47. The van der Waals surface area contributed by atoms with Crippen LogP contribution in [0.25, 0.3) is 0 Å². The number of rotatable bonds is 6. The number of carbonyl (C=O) groups excluding carboxylic acids is 1. The Morgan fingerprint density at radius 3 is 1.94 bits per heavy atom. The molecule has 1 aromatic rings. The van der Waals surface area contributed by atoms with Crippen LogP contribution in [0.5, 0.6) is 0 Å². The molecule has 1 rings (SSSR count). The first-order chi connectivity index (χ1) is 8.05. The Kier molecular flexibility index (Phi) is 4.88. The number of nitrogens with two attached hydrogens (primary N) is 1. The van der Waals surface area contributed by atoms with Crippen LogP contribution in [-0.2, 0) is 17.6 Å². The zero-order valence-electron chi connectivity index (χ0n) is 11.1. The van der Waals surface area contributed by atoms with E-state index in [4.69, 9.17) is 5.73 Å². The van der Waals surface area contributed by atoms with Crippen molar-refractivity contribution in [3.05, 3.63) is 35.4 Å². The molecule has 0 heterocycles. The SMILES string of the molecule is CCc1ccc(CC(=O)C(N)(CC)CC)cc1. The van der Waals surface area contributed by atoms with Gasteiger partial charge in [-0.15, -0.1) is 0 Å². The van der Waals surface area contributed by atoms with Crippen LogP contribution < -0.4 is 5.73 Å². The summed E-state index contributed by atoms with van der Waals surface area (Å²) in [5.74, 6) is 0.145. The normalized spacial score (nSPS) is 11.5. The molecular weight excluding hydrogens is 210 g/mol. The molecule has 94 valence electrons. The summed E-state index contributed by atoms with van der Waals surface area (Å²) in [6.07, 6.45) is 2.88. The van der Waals surface area contributed by atoms with E-state index in [2.05, 4.69) is 19.1 Å². The molecular formula is C15H23NO. The number of carbonyl (C=O) groups is 1. The molecule has 0 fully saturated rings. The highest BCUT2D eigenvalue weighted by atomic mass is 16.1. The van der Waals surface area contributed by atoms with Crippen molar-refractivity contribution in [3.63, 3.8) is 0 Å². The van der Waals surface area contributed by atoms with Crippen LogP contribution in [0.15, 0.2) is 24.3 Å². The molecule has 0 atom stereocenters. The number of Topliss-reactive ketones (excluding diaryl/α,β-unsaturated/α-hetero) is 1. The Morgan fingerprint density at radius 1 is 1.06 bits per heavy atom. The van der Waals surface area contributed by atoms with Crippen LogP contribution in [-0.4, -0.2) is 11.3 Å². The molecule has 0 aliphatic carbocycles. The molecule has 0 unspecified atom stereocenters. The van der Waals surface area contributed by atoms with Gasteiger partial charge in [0.15, 0.2) is 5.78 Å². The van der Waals surface area contributed by atoms with Gasteiger partial charge >= 0.3 is 0 Å². The van der Waals surface area contributed by atoms with Gasteiger partial charge in [0, 0.05) is 6.42 Å². The van der Waals surface area contributed by atoms with Crippen molar-refractivity contribution in [2.75, 3.05) is 0 Å². The molecule has 0 radical (unpaired) electrons. The van der Waals surface area contributed by atoms with E-state index in [1.165, 1.54) is 5.56 Å². The van der Waals surface area contributed by atoms with Crippen LogP contribution in [0.2, 0.25) is 0 Å². The van der Waals surface area contributed by atoms with Crippen LogP contribution in [0.3, 0.4) is 0 Å². The van der Waals surface area contributed by atoms with Gasteiger partial charge < -0.3 is 5.73 Å². The third-order valence-electron chi connectivity index (χ3n) is 3.61. The standard InChI is InChI=1S/C15H23NO/c1-4-12-7-9-13(10-8-12)11-14(17)15(16,5-2)6-3/h7-10H,4-6,11,16H2,1-3H3. The van der Waals surface area contributed by atoms with E-state index >= 15 is 0 Å². The molecule has 1 aromatic carbocycles. The van der Waals surface area contributed by atoms with Gasteiger partial charge in [-0.05, 0) is 30.4 Å². The summed E-state index contributed by atoms with van der Waals surface area (Å²) in [5, 5.41) is 0. The first-order valence-electron chi connectivity index (χ1n) is 6.45. The Labute approximate surface area is 104 Å². The van der Waals surface area contributed by atoms with E-state index in [-0.39, 0.29) is 5.78 Å². The second-order valence-corrected chi connectivity index (χ2v) is 4.63. The van der Waals surface area contributed by atoms with Gasteiger partial charge in [-0.2, -0.15) is 0 Å². The molecule has 0 aromatic heterocycles. The summed E-state index contributed by atoms with van der Waals surface area (Å²) in [5.41, 5.74) is 7.80. The lowest BCUT2D eigenvalue weighted by atomic mass is 9.86. The Bertz CT molecular complexity index is 363. The highest BCUT2D eigenvalue weighted by Crippen LogP contribution is 2.16. The number of hydrogen-bond acceptors (Lipinski definition) is 2. The fraction of sp³-hybridized carbons (Fsp3) is 0.533. The van der Waals surface area contributed by atoms with E-state index < -0.39 is 5.54 Å². The molecule has 0 amide bonds. The summed E-state index contributed by atoms with van der Waals surface area (Å²) in [4.78, 5) is 12.1. The van der Waals surface area contributed by atoms with Crippen LogP contribution in [0, 0.1) is 0 Å². The number of aryl methyl sites for hydroxylation is 1. The van der Waals surface area contributed by atoms with Gasteiger partial charge in [0.25, 0.3) is 0 Å².